The molecule has 0 aliphatic heterocycles. The average Bonchev–Trinajstić information content (AvgIpc) is 2.19. The monoisotopic (exact) mass is 385 g/mol. The number of hydrogen-bond donors (Lipinski definition) is 2. The van der Waals surface area contributed by atoms with Gasteiger partial charge in [0.25, 0.3) is 0 Å². The lowest BCUT2D eigenvalue weighted by Crippen LogP contribution is -2.12. The van der Waals surface area contributed by atoms with E-state index in [9.17, 15) is 5.11 Å². The van der Waals surface area contributed by atoms with Crippen LogP contribution in [-0.4, -0.2) is 12.2 Å². The van der Waals surface area contributed by atoms with Gasteiger partial charge in [0, 0.05) is 20.6 Å². The molecule has 0 fully saturated rings. The topological polar surface area (TPSA) is 32.3 Å². The van der Waals surface area contributed by atoms with E-state index in [1.165, 1.54) is 0 Å². The minimum absolute atomic E-state index is 0.107. The van der Waals surface area contributed by atoms with Crippen LogP contribution in [0.2, 0.25) is 0 Å². The molecule has 0 aliphatic rings. The van der Waals surface area contributed by atoms with Crippen LogP contribution in [0.25, 0.3) is 0 Å². The van der Waals surface area contributed by atoms with Crippen LogP contribution in [0.1, 0.15) is 18.5 Å². The third-order valence-corrected chi connectivity index (χ3v) is 5.35. The van der Waals surface area contributed by atoms with Crippen molar-refractivity contribution in [2.45, 2.75) is 13.0 Å². The summed E-state index contributed by atoms with van der Waals surface area (Å²) in [5.41, 5.74) is 0.856. The summed E-state index contributed by atoms with van der Waals surface area (Å²) in [5, 5.41) is 12.9. The zero-order valence-corrected chi connectivity index (χ0v) is 12.5. The molecule has 0 saturated heterocycles. The van der Waals surface area contributed by atoms with E-state index in [1.807, 2.05) is 20.0 Å². The zero-order chi connectivity index (χ0) is 10.9. The summed E-state index contributed by atoms with van der Waals surface area (Å²) < 4.78 is 2.41. The van der Waals surface area contributed by atoms with E-state index in [-0.39, 0.29) is 11.8 Å². The van der Waals surface area contributed by atoms with E-state index in [0.717, 1.165) is 14.5 Å². The lowest BCUT2D eigenvalue weighted by molar-refractivity contribution is 0.454. The van der Waals surface area contributed by atoms with Gasteiger partial charge in [-0.05, 0) is 67.8 Å². The van der Waals surface area contributed by atoms with Crippen LogP contribution in [-0.2, 0) is 0 Å². The minimum Gasteiger partial charge on any atom is -0.506 e. The summed E-state index contributed by atoms with van der Waals surface area (Å²) in [5.74, 6) is 0.266. The molecule has 0 aromatic heterocycles. The first-order chi connectivity index (χ1) is 6.49. The van der Waals surface area contributed by atoms with Crippen molar-refractivity contribution in [3.8, 4) is 5.75 Å². The summed E-state index contributed by atoms with van der Waals surface area (Å²) in [4.78, 5) is 0. The van der Waals surface area contributed by atoms with E-state index in [1.54, 1.807) is 0 Å². The predicted octanol–water partition coefficient (Wildman–Crippen LogP) is 3.96. The summed E-state index contributed by atoms with van der Waals surface area (Å²) in [7, 11) is 1.86. The standard InChI is InChI=1S/C9H10Br3NO/c1-4(13-2)5-3-6(10)7(11)8(12)9(5)14/h3-4,13-14H,1-2H3. The molecule has 0 bridgehead atoms. The Labute approximate surface area is 108 Å². The highest BCUT2D eigenvalue weighted by molar-refractivity contribution is 9.14. The molecule has 0 radical (unpaired) electrons. The summed E-state index contributed by atoms with van der Waals surface area (Å²) in [6, 6.07) is 2.00. The number of phenols is 1. The Balaban J connectivity index is 3.33. The van der Waals surface area contributed by atoms with Gasteiger partial charge in [0.1, 0.15) is 5.75 Å². The second kappa shape index (κ2) is 4.96. The SMILES string of the molecule is CNC(C)c1cc(Br)c(Br)c(Br)c1O. The molecule has 1 aromatic carbocycles. The second-order valence-electron chi connectivity index (χ2n) is 2.93. The molecule has 78 valence electrons. The molecule has 1 rings (SSSR count). The maximum absolute atomic E-state index is 9.87. The fourth-order valence-corrected chi connectivity index (χ4v) is 2.55. The molecular formula is C9H10Br3NO. The molecule has 0 saturated carbocycles. The maximum Gasteiger partial charge on any atom is 0.135 e. The van der Waals surface area contributed by atoms with Crippen molar-refractivity contribution in [3.63, 3.8) is 0 Å². The molecule has 2 nitrogen and oxygen atoms in total. The van der Waals surface area contributed by atoms with Gasteiger partial charge < -0.3 is 10.4 Å². The minimum atomic E-state index is 0.107. The van der Waals surface area contributed by atoms with Crippen LogP contribution in [0.3, 0.4) is 0 Å². The van der Waals surface area contributed by atoms with Gasteiger partial charge in [-0.1, -0.05) is 0 Å². The van der Waals surface area contributed by atoms with Crippen molar-refractivity contribution in [2.75, 3.05) is 7.05 Å². The van der Waals surface area contributed by atoms with Crippen LogP contribution in [0.5, 0.6) is 5.75 Å². The molecule has 1 unspecified atom stereocenters. The summed E-state index contributed by atoms with van der Waals surface area (Å²) in [6.07, 6.45) is 0. The molecule has 2 N–H and O–H groups in total. The van der Waals surface area contributed by atoms with E-state index in [2.05, 4.69) is 53.1 Å². The molecule has 14 heavy (non-hydrogen) atoms. The summed E-state index contributed by atoms with van der Waals surface area (Å²) >= 11 is 10.1. The Morgan fingerprint density at radius 3 is 2.36 bits per heavy atom. The van der Waals surface area contributed by atoms with Gasteiger partial charge in [0.2, 0.25) is 0 Å². The van der Waals surface area contributed by atoms with Gasteiger partial charge in [-0.25, -0.2) is 0 Å². The molecule has 0 aliphatic carbocycles. The smallest absolute Gasteiger partial charge is 0.135 e. The summed E-state index contributed by atoms with van der Waals surface area (Å²) in [6.45, 7) is 1.99. The third kappa shape index (κ3) is 2.32. The Kier molecular flexibility index (Phi) is 4.43. The van der Waals surface area contributed by atoms with Gasteiger partial charge in [0.15, 0.2) is 0 Å². The van der Waals surface area contributed by atoms with Crippen molar-refractivity contribution in [1.82, 2.24) is 5.32 Å². The number of phenolic OH excluding ortho intramolecular Hbond substituents is 1. The van der Waals surface area contributed by atoms with Crippen molar-refractivity contribution >= 4 is 47.8 Å². The predicted molar refractivity (Wildman–Crippen MR) is 68.7 cm³/mol. The first-order valence-corrected chi connectivity index (χ1v) is 6.40. The van der Waals surface area contributed by atoms with Crippen molar-refractivity contribution in [1.29, 1.82) is 0 Å². The van der Waals surface area contributed by atoms with E-state index in [0.29, 0.717) is 4.47 Å². The molecule has 0 amide bonds. The Morgan fingerprint density at radius 1 is 1.29 bits per heavy atom. The highest BCUT2D eigenvalue weighted by Gasteiger charge is 2.16. The number of rotatable bonds is 2. The fourth-order valence-electron chi connectivity index (χ4n) is 1.09. The van der Waals surface area contributed by atoms with Crippen LogP contribution >= 0.6 is 47.8 Å². The van der Waals surface area contributed by atoms with Crippen molar-refractivity contribution in [2.24, 2.45) is 0 Å². The zero-order valence-electron chi connectivity index (χ0n) is 7.74. The van der Waals surface area contributed by atoms with E-state index >= 15 is 0 Å². The van der Waals surface area contributed by atoms with Gasteiger partial charge in [-0.3, -0.25) is 0 Å². The lowest BCUT2D eigenvalue weighted by Gasteiger charge is -2.15. The Morgan fingerprint density at radius 2 is 1.86 bits per heavy atom. The van der Waals surface area contributed by atoms with Crippen LogP contribution in [0.4, 0.5) is 0 Å². The van der Waals surface area contributed by atoms with Gasteiger partial charge in [-0.2, -0.15) is 0 Å². The molecule has 0 heterocycles. The maximum atomic E-state index is 9.87. The quantitative estimate of drug-likeness (QED) is 0.753. The van der Waals surface area contributed by atoms with Gasteiger partial charge in [0.05, 0.1) is 4.47 Å². The molecule has 5 heteroatoms. The van der Waals surface area contributed by atoms with Crippen LogP contribution in [0, 0.1) is 0 Å². The second-order valence-corrected chi connectivity index (χ2v) is 5.37. The molecule has 0 spiro atoms. The molecule has 1 atom stereocenters. The highest BCUT2D eigenvalue weighted by Crippen LogP contribution is 2.41. The average molecular weight is 388 g/mol. The highest BCUT2D eigenvalue weighted by atomic mass is 79.9. The van der Waals surface area contributed by atoms with Crippen molar-refractivity contribution < 1.29 is 5.11 Å². The fraction of sp³-hybridized carbons (Fsp3) is 0.333. The van der Waals surface area contributed by atoms with Crippen molar-refractivity contribution in [3.05, 3.63) is 25.0 Å². The third-order valence-electron chi connectivity index (χ3n) is 2.07. The number of benzene rings is 1. The lowest BCUT2D eigenvalue weighted by atomic mass is 10.1. The first kappa shape index (κ1) is 12.5. The number of halogens is 3. The van der Waals surface area contributed by atoms with Gasteiger partial charge >= 0.3 is 0 Å². The number of nitrogens with one attached hydrogen (secondary N) is 1. The van der Waals surface area contributed by atoms with Crippen LogP contribution in [0.15, 0.2) is 19.5 Å². The number of aromatic hydroxyl groups is 1. The largest absolute Gasteiger partial charge is 0.506 e. The first-order valence-electron chi connectivity index (χ1n) is 4.02. The molecule has 1 aromatic rings. The molecular weight excluding hydrogens is 378 g/mol. The van der Waals surface area contributed by atoms with Crippen LogP contribution < -0.4 is 5.32 Å². The number of hydrogen-bond acceptors (Lipinski definition) is 2. The van der Waals surface area contributed by atoms with E-state index < -0.39 is 0 Å². The Hall–Kier alpha value is 0.420. The normalized spacial score (nSPS) is 12.9. The Bertz CT molecular complexity index is 354. The van der Waals surface area contributed by atoms with E-state index in [4.69, 9.17) is 0 Å². The van der Waals surface area contributed by atoms with Gasteiger partial charge in [-0.15, -0.1) is 0 Å².